The van der Waals surface area contributed by atoms with Gasteiger partial charge in [0, 0.05) is 10.5 Å². The standard InChI is InChI=1S/C21H21BrClNO5/c1-13(15-5-7-16(22)8-6-15)24-19(25)12-29-20(26)9-4-14-10-17(23)21(28-3)18(11-14)27-2/h4-11,13H,12H2,1-3H3,(H,24,25)/b9-4+. The molecule has 0 bridgehead atoms. The van der Waals surface area contributed by atoms with Crippen LogP contribution < -0.4 is 14.8 Å². The number of hydrogen-bond donors (Lipinski definition) is 1. The maximum atomic E-state index is 12.0. The Balaban J connectivity index is 1.88. The van der Waals surface area contributed by atoms with Crippen molar-refractivity contribution in [2.24, 2.45) is 0 Å². The second-order valence-electron chi connectivity index (χ2n) is 6.02. The van der Waals surface area contributed by atoms with Crippen LogP contribution in [0.1, 0.15) is 24.1 Å². The number of ether oxygens (including phenoxy) is 3. The Kier molecular flexibility index (Phi) is 8.54. The number of methoxy groups -OCH3 is 2. The molecule has 2 aromatic carbocycles. The van der Waals surface area contributed by atoms with Crippen LogP contribution in [-0.2, 0) is 14.3 Å². The highest BCUT2D eigenvalue weighted by Gasteiger charge is 2.12. The Bertz CT molecular complexity index is 899. The molecule has 0 radical (unpaired) electrons. The van der Waals surface area contributed by atoms with E-state index in [1.807, 2.05) is 31.2 Å². The van der Waals surface area contributed by atoms with E-state index in [4.69, 9.17) is 25.8 Å². The third kappa shape index (κ3) is 6.80. The average molecular weight is 483 g/mol. The van der Waals surface area contributed by atoms with Crippen molar-refractivity contribution >= 4 is 45.5 Å². The Labute approximate surface area is 182 Å². The molecule has 0 saturated heterocycles. The van der Waals surface area contributed by atoms with E-state index in [1.54, 1.807) is 12.1 Å². The van der Waals surface area contributed by atoms with Crippen LogP contribution in [0.5, 0.6) is 11.5 Å². The van der Waals surface area contributed by atoms with Gasteiger partial charge in [0.05, 0.1) is 25.3 Å². The first-order valence-corrected chi connectivity index (χ1v) is 9.82. The van der Waals surface area contributed by atoms with E-state index in [9.17, 15) is 9.59 Å². The SMILES string of the molecule is COc1cc(/C=C/C(=O)OCC(=O)NC(C)c2ccc(Br)cc2)cc(Cl)c1OC. The molecule has 0 aliphatic rings. The van der Waals surface area contributed by atoms with Gasteiger partial charge in [-0.1, -0.05) is 39.7 Å². The van der Waals surface area contributed by atoms with Crippen LogP contribution in [0, 0.1) is 0 Å². The predicted octanol–water partition coefficient (Wildman–Crippen LogP) is 4.55. The minimum Gasteiger partial charge on any atom is -0.493 e. The summed E-state index contributed by atoms with van der Waals surface area (Å²) < 4.78 is 16.3. The van der Waals surface area contributed by atoms with Gasteiger partial charge in [0.25, 0.3) is 5.91 Å². The molecule has 2 aromatic rings. The number of carbonyl (C=O) groups is 2. The number of amides is 1. The maximum absolute atomic E-state index is 12.0. The fourth-order valence-electron chi connectivity index (χ4n) is 2.50. The molecule has 0 fully saturated rings. The lowest BCUT2D eigenvalue weighted by Gasteiger charge is -2.14. The number of nitrogens with one attached hydrogen (secondary N) is 1. The fraction of sp³-hybridized carbons (Fsp3) is 0.238. The minimum atomic E-state index is -0.651. The second kappa shape index (κ2) is 10.9. The van der Waals surface area contributed by atoms with Crippen LogP contribution in [0.25, 0.3) is 6.08 Å². The van der Waals surface area contributed by atoms with Crippen molar-refractivity contribution in [1.82, 2.24) is 5.32 Å². The summed E-state index contributed by atoms with van der Waals surface area (Å²) in [5, 5.41) is 3.12. The summed E-state index contributed by atoms with van der Waals surface area (Å²) in [6, 6.07) is 10.7. The zero-order valence-electron chi connectivity index (χ0n) is 16.2. The van der Waals surface area contributed by atoms with E-state index in [-0.39, 0.29) is 12.6 Å². The van der Waals surface area contributed by atoms with E-state index in [0.29, 0.717) is 22.1 Å². The van der Waals surface area contributed by atoms with Gasteiger partial charge in [0.2, 0.25) is 0 Å². The quantitative estimate of drug-likeness (QED) is 0.441. The van der Waals surface area contributed by atoms with Crippen molar-refractivity contribution < 1.29 is 23.8 Å². The number of benzene rings is 2. The first-order valence-electron chi connectivity index (χ1n) is 8.65. The zero-order chi connectivity index (χ0) is 21.4. The Morgan fingerprint density at radius 2 is 1.86 bits per heavy atom. The molecule has 1 N–H and O–H groups in total. The number of esters is 1. The highest BCUT2D eigenvalue weighted by molar-refractivity contribution is 9.10. The molecule has 0 aromatic heterocycles. The number of carbonyl (C=O) groups excluding carboxylic acids is 2. The third-order valence-electron chi connectivity index (χ3n) is 3.96. The molecular formula is C21H21BrClNO5. The zero-order valence-corrected chi connectivity index (χ0v) is 18.5. The third-order valence-corrected chi connectivity index (χ3v) is 4.77. The van der Waals surface area contributed by atoms with Crippen LogP contribution in [0.15, 0.2) is 46.9 Å². The molecule has 1 unspecified atom stereocenters. The second-order valence-corrected chi connectivity index (χ2v) is 7.34. The van der Waals surface area contributed by atoms with Crippen molar-refractivity contribution in [1.29, 1.82) is 0 Å². The molecule has 0 spiro atoms. The van der Waals surface area contributed by atoms with Gasteiger partial charge in [-0.2, -0.15) is 0 Å². The molecular weight excluding hydrogens is 462 g/mol. The summed E-state index contributed by atoms with van der Waals surface area (Å²) in [7, 11) is 2.98. The lowest BCUT2D eigenvalue weighted by atomic mass is 10.1. The van der Waals surface area contributed by atoms with Gasteiger partial charge in [0.1, 0.15) is 0 Å². The first-order chi connectivity index (χ1) is 13.8. The summed E-state index contributed by atoms with van der Waals surface area (Å²) in [5.74, 6) is -0.196. The Hall–Kier alpha value is -2.51. The highest BCUT2D eigenvalue weighted by Crippen LogP contribution is 2.36. The molecule has 8 heteroatoms. The molecule has 1 amide bonds. The average Bonchev–Trinajstić information content (AvgIpc) is 2.70. The summed E-state index contributed by atoms with van der Waals surface area (Å²) in [5.41, 5.74) is 1.57. The van der Waals surface area contributed by atoms with Crippen molar-refractivity contribution in [2.75, 3.05) is 20.8 Å². The van der Waals surface area contributed by atoms with Crippen LogP contribution in [-0.4, -0.2) is 32.7 Å². The van der Waals surface area contributed by atoms with Crippen molar-refractivity contribution in [3.8, 4) is 11.5 Å². The molecule has 2 rings (SSSR count). The van der Waals surface area contributed by atoms with E-state index in [1.165, 1.54) is 26.4 Å². The summed E-state index contributed by atoms with van der Waals surface area (Å²) in [6.07, 6.45) is 2.72. The maximum Gasteiger partial charge on any atom is 0.331 e. The largest absolute Gasteiger partial charge is 0.493 e. The number of rotatable bonds is 8. The number of hydrogen-bond acceptors (Lipinski definition) is 5. The topological polar surface area (TPSA) is 73.9 Å². The van der Waals surface area contributed by atoms with Crippen molar-refractivity contribution in [3.63, 3.8) is 0 Å². The first kappa shape index (κ1) is 22.8. The lowest BCUT2D eigenvalue weighted by Crippen LogP contribution is -2.30. The monoisotopic (exact) mass is 481 g/mol. The van der Waals surface area contributed by atoms with Gasteiger partial charge in [-0.3, -0.25) is 4.79 Å². The van der Waals surface area contributed by atoms with Gasteiger partial charge < -0.3 is 19.5 Å². The van der Waals surface area contributed by atoms with Crippen molar-refractivity contribution in [3.05, 3.63) is 63.1 Å². The van der Waals surface area contributed by atoms with E-state index >= 15 is 0 Å². The van der Waals surface area contributed by atoms with Gasteiger partial charge in [0.15, 0.2) is 18.1 Å². The van der Waals surface area contributed by atoms with Gasteiger partial charge in [-0.05, 0) is 48.4 Å². The van der Waals surface area contributed by atoms with Gasteiger partial charge >= 0.3 is 5.97 Å². The summed E-state index contributed by atoms with van der Waals surface area (Å²) >= 11 is 9.49. The van der Waals surface area contributed by atoms with E-state index < -0.39 is 11.9 Å². The normalized spacial score (nSPS) is 11.8. The molecule has 29 heavy (non-hydrogen) atoms. The fourth-order valence-corrected chi connectivity index (χ4v) is 3.06. The van der Waals surface area contributed by atoms with E-state index in [2.05, 4.69) is 21.2 Å². The summed E-state index contributed by atoms with van der Waals surface area (Å²) in [4.78, 5) is 23.9. The molecule has 6 nitrogen and oxygen atoms in total. The lowest BCUT2D eigenvalue weighted by molar-refractivity contribution is -0.144. The van der Waals surface area contributed by atoms with Crippen LogP contribution in [0.3, 0.4) is 0 Å². The predicted molar refractivity (Wildman–Crippen MR) is 115 cm³/mol. The smallest absolute Gasteiger partial charge is 0.331 e. The van der Waals surface area contributed by atoms with E-state index in [0.717, 1.165) is 10.0 Å². The summed E-state index contributed by atoms with van der Waals surface area (Å²) in [6.45, 7) is 1.47. The highest BCUT2D eigenvalue weighted by atomic mass is 79.9. The molecule has 0 saturated carbocycles. The molecule has 0 heterocycles. The molecule has 154 valence electrons. The van der Waals surface area contributed by atoms with Crippen molar-refractivity contribution in [2.45, 2.75) is 13.0 Å². The van der Waals surface area contributed by atoms with Crippen LogP contribution >= 0.6 is 27.5 Å². The molecule has 1 atom stereocenters. The van der Waals surface area contributed by atoms with Crippen LogP contribution in [0.4, 0.5) is 0 Å². The van der Waals surface area contributed by atoms with Gasteiger partial charge in [-0.15, -0.1) is 0 Å². The Morgan fingerprint density at radius 3 is 2.48 bits per heavy atom. The minimum absolute atomic E-state index is 0.209. The Morgan fingerprint density at radius 1 is 1.17 bits per heavy atom. The molecule has 0 aliphatic heterocycles. The van der Waals surface area contributed by atoms with Gasteiger partial charge in [-0.25, -0.2) is 4.79 Å². The molecule has 0 aliphatic carbocycles. The van der Waals surface area contributed by atoms with Crippen LogP contribution in [0.2, 0.25) is 5.02 Å². The number of halogens is 2.